The average Bonchev–Trinajstić information content (AvgIpc) is 3.12. The van der Waals surface area contributed by atoms with Crippen LogP contribution < -0.4 is 10.1 Å². The Hall–Kier alpha value is -2.37. The van der Waals surface area contributed by atoms with Crippen molar-refractivity contribution >= 4 is 28.8 Å². The fourth-order valence-corrected chi connectivity index (χ4v) is 2.86. The summed E-state index contributed by atoms with van der Waals surface area (Å²) in [4.78, 5) is 16.3. The van der Waals surface area contributed by atoms with Crippen molar-refractivity contribution in [3.8, 4) is 5.75 Å². The van der Waals surface area contributed by atoms with Gasteiger partial charge in [0.15, 0.2) is 0 Å². The number of hydrogen-bond donors (Lipinski definition) is 1. The molecule has 3 aromatic rings. The van der Waals surface area contributed by atoms with E-state index in [9.17, 15) is 4.79 Å². The van der Waals surface area contributed by atoms with Gasteiger partial charge in [-0.2, -0.15) is 0 Å². The van der Waals surface area contributed by atoms with Gasteiger partial charge in [-0.3, -0.25) is 4.79 Å². The number of carbonyl (C=O) groups excluding carboxylic acids is 1. The van der Waals surface area contributed by atoms with E-state index in [2.05, 4.69) is 10.3 Å². The Kier molecular flexibility index (Phi) is 5.46. The van der Waals surface area contributed by atoms with Crippen molar-refractivity contribution in [2.24, 2.45) is 0 Å². The lowest BCUT2D eigenvalue weighted by atomic mass is 10.2. The molecule has 0 unspecified atom stereocenters. The molecule has 0 saturated heterocycles. The van der Waals surface area contributed by atoms with Crippen LogP contribution >= 0.6 is 22.9 Å². The molecule has 2 aromatic carbocycles. The molecule has 6 heteroatoms. The molecule has 0 aliphatic rings. The summed E-state index contributed by atoms with van der Waals surface area (Å²) in [5.74, 6) is 0.565. The molecule has 4 nitrogen and oxygen atoms in total. The van der Waals surface area contributed by atoms with Gasteiger partial charge in [0.1, 0.15) is 12.4 Å². The molecule has 122 valence electrons. The van der Waals surface area contributed by atoms with Crippen LogP contribution in [0, 0.1) is 0 Å². The molecule has 1 N–H and O–H groups in total. The Morgan fingerprint density at radius 2 is 2.04 bits per heavy atom. The predicted octanol–water partition coefficient (Wildman–Crippen LogP) is 4.31. The summed E-state index contributed by atoms with van der Waals surface area (Å²) in [5, 5.41) is 5.47. The highest BCUT2D eigenvalue weighted by Gasteiger charge is 2.06. The Balaban J connectivity index is 1.53. The normalized spacial score (nSPS) is 10.4. The summed E-state index contributed by atoms with van der Waals surface area (Å²) >= 11 is 7.46. The molecule has 0 aliphatic heterocycles. The number of thiazole rings is 1. The van der Waals surface area contributed by atoms with Crippen LogP contribution in [0.1, 0.15) is 21.6 Å². The van der Waals surface area contributed by atoms with Crippen LogP contribution in [0.25, 0.3) is 0 Å². The Morgan fingerprint density at radius 1 is 1.21 bits per heavy atom. The van der Waals surface area contributed by atoms with Gasteiger partial charge < -0.3 is 10.1 Å². The smallest absolute Gasteiger partial charge is 0.251 e. The maximum atomic E-state index is 12.2. The second-order valence-corrected chi connectivity index (χ2v) is 6.26. The molecule has 0 radical (unpaired) electrons. The summed E-state index contributed by atoms with van der Waals surface area (Å²) in [6, 6.07) is 14.4. The van der Waals surface area contributed by atoms with Crippen molar-refractivity contribution < 1.29 is 9.53 Å². The largest absolute Gasteiger partial charge is 0.487 e. The van der Waals surface area contributed by atoms with Gasteiger partial charge in [-0.1, -0.05) is 23.7 Å². The third-order valence-corrected chi connectivity index (χ3v) is 4.20. The lowest BCUT2D eigenvalue weighted by Crippen LogP contribution is -2.22. The molecule has 0 spiro atoms. The van der Waals surface area contributed by atoms with Crippen molar-refractivity contribution in [3.63, 3.8) is 0 Å². The number of aromatic nitrogens is 1. The summed E-state index contributed by atoms with van der Waals surface area (Å²) in [7, 11) is 0. The number of hydrogen-bond acceptors (Lipinski definition) is 4. The standard InChI is InChI=1S/C18H15ClN2O2S/c19-15-3-1-2-13(8-15)9-20-18(22)14-4-6-17(7-5-14)23-10-16-11-24-12-21-16/h1-8,11-12H,9-10H2,(H,20,22). The van der Waals surface area contributed by atoms with Crippen molar-refractivity contribution in [1.82, 2.24) is 10.3 Å². The number of amides is 1. The van der Waals surface area contributed by atoms with Gasteiger partial charge >= 0.3 is 0 Å². The van der Waals surface area contributed by atoms with E-state index in [1.165, 1.54) is 11.3 Å². The maximum absolute atomic E-state index is 12.2. The monoisotopic (exact) mass is 358 g/mol. The lowest BCUT2D eigenvalue weighted by Gasteiger charge is -2.07. The van der Waals surface area contributed by atoms with Crippen LogP contribution in [0.3, 0.4) is 0 Å². The summed E-state index contributed by atoms with van der Waals surface area (Å²) < 4.78 is 5.63. The van der Waals surface area contributed by atoms with E-state index >= 15 is 0 Å². The Morgan fingerprint density at radius 3 is 2.75 bits per heavy atom. The highest BCUT2D eigenvalue weighted by atomic mass is 35.5. The third kappa shape index (κ3) is 4.57. The Labute approximate surface area is 149 Å². The number of nitrogens with one attached hydrogen (secondary N) is 1. The number of carbonyl (C=O) groups is 1. The number of nitrogens with zero attached hydrogens (tertiary/aromatic N) is 1. The number of ether oxygens (including phenoxy) is 1. The highest BCUT2D eigenvalue weighted by Crippen LogP contribution is 2.15. The van der Waals surface area contributed by atoms with Crippen LogP contribution in [0.4, 0.5) is 0 Å². The summed E-state index contributed by atoms with van der Waals surface area (Å²) in [5.41, 5.74) is 4.20. The first kappa shape index (κ1) is 16.5. The molecule has 0 fully saturated rings. The number of halogens is 1. The van der Waals surface area contributed by atoms with Gasteiger partial charge in [0.05, 0.1) is 11.2 Å². The lowest BCUT2D eigenvalue weighted by molar-refractivity contribution is 0.0951. The fraction of sp³-hybridized carbons (Fsp3) is 0.111. The minimum atomic E-state index is -0.138. The van der Waals surface area contributed by atoms with E-state index < -0.39 is 0 Å². The van der Waals surface area contributed by atoms with Gasteiger partial charge in [0, 0.05) is 22.5 Å². The molecule has 1 aromatic heterocycles. The molecule has 24 heavy (non-hydrogen) atoms. The van der Waals surface area contributed by atoms with E-state index in [0.717, 1.165) is 11.3 Å². The minimum Gasteiger partial charge on any atom is -0.487 e. The van der Waals surface area contributed by atoms with Crippen LogP contribution in [0.2, 0.25) is 5.02 Å². The predicted molar refractivity (Wildman–Crippen MR) is 95.5 cm³/mol. The molecule has 0 bridgehead atoms. The maximum Gasteiger partial charge on any atom is 0.251 e. The van der Waals surface area contributed by atoms with Crippen molar-refractivity contribution in [3.05, 3.63) is 81.3 Å². The van der Waals surface area contributed by atoms with E-state index in [1.54, 1.807) is 35.8 Å². The topological polar surface area (TPSA) is 51.2 Å². The van der Waals surface area contributed by atoms with E-state index in [0.29, 0.717) is 29.5 Å². The zero-order valence-electron chi connectivity index (χ0n) is 12.7. The van der Waals surface area contributed by atoms with Gasteiger partial charge in [-0.05, 0) is 42.0 Å². The van der Waals surface area contributed by atoms with Gasteiger partial charge in [-0.15, -0.1) is 11.3 Å². The first-order valence-electron chi connectivity index (χ1n) is 7.33. The quantitative estimate of drug-likeness (QED) is 0.714. The number of benzene rings is 2. The molecule has 0 aliphatic carbocycles. The first-order valence-corrected chi connectivity index (χ1v) is 8.65. The van der Waals surface area contributed by atoms with Gasteiger partial charge in [-0.25, -0.2) is 4.98 Å². The van der Waals surface area contributed by atoms with Gasteiger partial charge in [0.2, 0.25) is 0 Å². The molecular formula is C18H15ClN2O2S. The first-order chi connectivity index (χ1) is 11.7. The van der Waals surface area contributed by atoms with Crippen LogP contribution in [0.5, 0.6) is 5.75 Å². The van der Waals surface area contributed by atoms with Crippen LogP contribution in [0.15, 0.2) is 59.4 Å². The molecule has 0 atom stereocenters. The zero-order valence-corrected chi connectivity index (χ0v) is 14.3. The fourth-order valence-electron chi connectivity index (χ4n) is 2.10. The molecule has 0 saturated carbocycles. The third-order valence-electron chi connectivity index (χ3n) is 3.33. The van der Waals surface area contributed by atoms with Crippen LogP contribution in [-0.4, -0.2) is 10.9 Å². The Bertz CT molecular complexity index is 804. The summed E-state index contributed by atoms with van der Waals surface area (Å²) in [6.07, 6.45) is 0. The van der Waals surface area contributed by atoms with Crippen molar-refractivity contribution in [2.75, 3.05) is 0 Å². The summed E-state index contributed by atoms with van der Waals surface area (Å²) in [6.45, 7) is 0.852. The molecule has 3 rings (SSSR count). The van der Waals surface area contributed by atoms with Gasteiger partial charge in [0.25, 0.3) is 5.91 Å². The van der Waals surface area contributed by atoms with E-state index in [-0.39, 0.29) is 5.91 Å². The van der Waals surface area contributed by atoms with Crippen molar-refractivity contribution in [1.29, 1.82) is 0 Å². The van der Waals surface area contributed by atoms with E-state index in [1.807, 2.05) is 23.6 Å². The SMILES string of the molecule is O=C(NCc1cccc(Cl)c1)c1ccc(OCc2cscn2)cc1. The number of rotatable bonds is 6. The van der Waals surface area contributed by atoms with E-state index in [4.69, 9.17) is 16.3 Å². The highest BCUT2D eigenvalue weighted by molar-refractivity contribution is 7.07. The van der Waals surface area contributed by atoms with Crippen molar-refractivity contribution in [2.45, 2.75) is 13.2 Å². The second kappa shape index (κ2) is 7.95. The molecule has 1 heterocycles. The average molecular weight is 359 g/mol. The van der Waals surface area contributed by atoms with Crippen LogP contribution in [-0.2, 0) is 13.2 Å². The molecule has 1 amide bonds. The second-order valence-electron chi connectivity index (χ2n) is 5.11. The minimum absolute atomic E-state index is 0.138. The molecular weight excluding hydrogens is 344 g/mol. The zero-order chi connectivity index (χ0) is 16.8.